The Labute approximate surface area is 130 Å². The average Bonchev–Trinajstić information content (AvgIpc) is 2.85. The van der Waals surface area contributed by atoms with Crippen molar-refractivity contribution >= 4 is 11.3 Å². The normalized spacial score (nSPS) is 10.8. The van der Waals surface area contributed by atoms with Crippen molar-refractivity contribution in [3.05, 3.63) is 39.5 Å². The minimum atomic E-state index is 0.643. The molecule has 0 bridgehead atoms. The molecule has 0 fully saturated rings. The number of ether oxygens (including phenoxy) is 1. The van der Waals surface area contributed by atoms with Crippen LogP contribution in [0, 0.1) is 6.92 Å². The summed E-state index contributed by atoms with van der Waals surface area (Å²) in [6.45, 7) is 5.69. The molecule has 1 N–H and O–H groups in total. The van der Waals surface area contributed by atoms with Crippen LogP contribution < -0.4 is 10.1 Å². The summed E-state index contributed by atoms with van der Waals surface area (Å²) in [6, 6.07) is 4.18. The fourth-order valence-corrected chi connectivity index (χ4v) is 2.96. The topological polar surface area (TPSA) is 47.0 Å². The Morgan fingerprint density at radius 1 is 1.29 bits per heavy atom. The van der Waals surface area contributed by atoms with Gasteiger partial charge in [-0.3, -0.25) is 0 Å². The third-order valence-corrected chi connectivity index (χ3v) is 4.22. The number of pyridine rings is 1. The molecule has 0 radical (unpaired) electrons. The van der Waals surface area contributed by atoms with Gasteiger partial charge in [-0.15, -0.1) is 11.3 Å². The third kappa shape index (κ3) is 4.79. The van der Waals surface area contributed by atoms with E-state index in [-0.39, 0.29) is 0 Å². The maximum Gasteiger partial charge on any atom is 0.213 e. The molecular formula is C16H23N3OS. The molecule has 4 nitrogen and oxygen atoms in total. The summed E-state index contributed by atoms with van der Waals surface area (Å²) in [5.41, 5.74) is 5.32. The molecule has 0 amide bonds. The molecule has 0 aromatic carbocycles. The van der Waals surface area contributed by atoms with Crippen molar-refractivity contribution in [1.82, 2.24) is 15.3 Å². The minimum Gasteiger partial charge on any atom is -0.477 e. The van der Waals surface area contributed by atoms with Crippen molar-refractivity contribution in [3.8, 4) is 5.88 Å². The highest BCUT2D eigenvalue weighted by Gasteiger charge is 2.05. The molecule has 114 valence electrons. The largest absolute Gasteiger partial charge is 0.477 e. The van der Waals surface area contributed by atoms with Gasteiger partial charge in [0.05, 0.1) is 17.8 Å². The van der Waals surface area contributed by atoms with Gasteiger partial charge in [-0.05, 0) is 32.0 Å². The molecule has 0 aliphatic carbocycles. The second-order valence-corrected chi connectivity index (χ2v) is 5.98. The lowest BCUT2D eigenvalue weighted by molar-refractivity contribution is 0.309. The van der Waals surface area contributed by atoms with Crippen molar-refractivity contribution in [3.63, 3.8) is 0 Å². The van der Waals surface area contributed by atoms with E-state index in [1.165, 1.54) is 10.4 Å². The molecule has 0 aliphatic heterocycles. The maximum atomic E-state index is 5.85. The van der Waals surface area contributed by atoms with Crippen molar-refractivity contribution < 1.29 is 4.74 Å². The van der Waals surface area contributed by atoms with Crippen LogP contribution in [0.4, 0.5) is 0 Å². The van der Waals surface area contributed by atoms with E-state index in [1.807, 2.05) is 25.5 Å². The number of nitrogens with one attached hydrogen (secondary N) is 1. The van der Waals surface area contributed by atoms with Crippen LogP contribution >= 0.6 is 11.3 Å². The maximum absolute atomic E-state index is 5.85. The van der Waals surface area contributed by atoms with E-state index in [2.05, 4.69) is 28.3 Å². The van der Waals surface area contributed by atoms with Gasteiger partial charge in [-0.2, -0.15) is 0 Å². The van der Waals surface area contributed by atoms with E-state index in [0.717, 1.165) is 43.1 Å². The summed E-state index contributed by atoms with van der Waals surface area (Å²) in [4.78, 5) is 10.1. The van der Waals surface area contributed by atoms with Crippen molar-refractivity contribution in [2.75, 3.05) is 13.7 Å². The van der Waals surface area contributed by atoms with Crippen LogP contribution in [0.5, 0.6) is 5.88 Å². The van der Waals surface area contributed by atoms with Crippen LogP contribution in [0.2, 0.25) is 0 Å². The molecule has 2 heterocycles. The van der Waals surface area contributed by atoms with E-state index in [0.29, 0.717) is 6.61 Å². The second-order valence-electron chi connectivity index (χ2n) is 5.04. The molecule has 0 saturated carbocycles. The summed E-state index contributed by atoms with van der Waals surface area (Å²) in [7, 11) is 1.95. The van der Waals surface area contributed by atoms with Crippen molar-refractivity contribution in [1.29, 1.82) is 0 Å². The Hall–Kier alpha value is -1.46. The number of aromatic nitrogens is 2. The predicted molar refractivity (Wildman–Crippen MR) is 87.0 cm³/mol. The number of rotatable bonds is 8. The van der Waals surface area contributed by atoms with Crippen LogP contribution in [0.15, 0.2) is 17.6 Å². The first kappa shape index (κ1) is 15.9. The zero-order valence-electron chi connectivity index (χ0n) is 13.0. The standard InChI is InChI=1S/C16H23N3OS/c1-4-5-14-8-13(10-17-3)9-16(19-14)20-7-6-15-12(2)18-11-21-15/h8-9,11,17H,4-7,10H2,1-3H3. The van der Waals surface area contributed by atoms with E-state index in [1.54, 1.807) is 11.3 Å². The molecule has 0 aliphatic rings. The Bertz CT molecular complexity index is 544. The average molecular weight is 305 g/mol. The van der Waals surface area contributed by atoms with Gasteiger partial charge in [0.1, 0.15) is 0 Å². The van der Waals surface area contributed by atoms with Gasteiger partial charge in [0, 0.05) is 29.6 Å². The first-order valence-electron chi connectivity index (χ1n) is 7.39. The first-order chi connectivity index (χ1) is 10.2. The van der Waals surface area contributed by atoms with Gasteiger partial charge in [0.25, 0.3) is 0 Å². The molecule has 0 spiro atoms. The van der Waals surface area contributed by atoms with Crippen molar-refractivity contribution in [2.24, 2.45) is 0 Å². The van der Waals surface area contributed by atoms with Crippen LogP contribution in [-0.4, -0.2) is 23.6 Å². The molecule has 5 heteroatoms. The lowest BCUT2D eigenvalue weighted by atomic mass is 10.1. The highest BCUT2D eigenvalue weighted by atomic mass is 32.1. The number of hydrogen-bond donors (Lipinski definition) is 1. The van der Waals surface area contributed by atoms with Crippen LogP contribution in [-0.2, 0) is 19.4 Å². The summed E-state index contributed by atoms with van der Waals surface area (Å²) in [6.07, 6.45) is 2.97. The van der Waals surface area contributed by atoms with Crippen molar-refractivity contribution in [2.45, 2.75) is 39.7 Å². The zero-order chi connectivity index (χ0) is 15.1. The zero-order valence-corrected chi connectivity index (χ0v) is 13.8. The van der Waals surface area contributed by atoms with Gasteiger partial charge >= 0.3 is 0 Å². The first-order valence-corrected chi connectivity index (χ1v) is 8.27. The van der Waals surface area contributed by atoms with Gasteiger partial charge in [-0.1, -0.05) is 13.3 Å². The quantitative estimate of drug-likeness (QED) is 0.814. The molecule has 0 saturated heterocycles. The van der Waals surface area contributed by atoms with E-state index in [4.69, 9.17) is 4.74 Å². The van der Waals surface area contributed by atoms with Crippen LogP contribution in [0.25, 0.3) is 0 Å². The summed E-state index contributed by atoms with van der Waals surface area (Å²) in [5.74, 6) is 0.730. The molecule has 0 unspecified atom stereocenters. The highest BCUT2D eigenvalue weighted by Crippen LogP contribution is 2.16. The monoisotopic (exact) mass is 305 g/mol. The molecule has 21 heavy (non-hydrogen) atoms. The van der Waals surface area contributed by atoms with E-state index in [9.17, 15) is 0 Å². The molecular weight excluding hydrogens is 282 g/mol. The number of thiazole rings is 1. The number of nitrogens with zero attached hydrogens (tertiary/aromatic N) is 2. The number of hydrogen-bond acceptors (Lipinski definition) is 5. The van der Waals surface area contributed by atoms with Gasteiger partial charge in [0.15, 0.2) is 0 Å². The van der Waals surface area contributed by atoms with Gasteiger partial charge < -0.3 is 10.1 Å². The van der Waals surface area contributed by atoms with Gasteiger partial charge in [0.2, 0.25) is 5.88 Å². The molecule has 2 aromatic heterocycles. The van der Waals surface area contributed by atoms with E-state index < -0.39 is 0 Å². The molecule has 0 atom stereocenters. The minimum absolute atomic E-state index is 0.643. The second kappa shape index (κ2) is 8.10. The number of aryl methyl sites for hydroxylation is 2. The Kier molecular flexibility index (Phi) is 6.14. The highest BCUT2D eigenvalue weighted by molar-refractivity contribution is 7.09. The van der Waals surface area contributed by atoms with Crippen LogP contribution in [0.3, 0.4) is 0 Å². The Balaban J connectivity index is 1.99. The smallest absolute Gasteiger partial charge is 0.213 e. The van der Waals surface area contributed by atoms with Gasteiger partial charge in [-0.25, -0.2) is 9.97 Å². The summed E-state index contributed by atoms with van der Waals surface area (Å²) in [5, 5.41) is 3.18. The van der Waals surface area contributed by atoms with E-state index >= 15 is 0 Å². The van der Waals surface area contributed by atoms with Crippen LogP contribution in [0.1, 0.15) is 35.2 Å². The Morgan fingerprint density at radius 2 is 2.14 bits per heavy atom. The molecule has 2 aromatic rings. The SMILES string of the molecule is CCCc1cc(CNC)cc(OCCc2scnc2C)n1. The summed E-state index contributed by atoms with van der Waals surface area (Å²) < 4.78 is 5.85. The fraction of sp³-hybridized carbons (Fsp3) is 0.500. The third-order valence-electron chi connectivity index (χ3n) is 3.23. The fourth-order valence-electron chi connectivity index (χ4n) is 2.20. The lowest BCUT2D eigenvalue weighted by Gasteiger charge is -2.10. The predicted octanol–water partition coefficient (Wildman–Crippen LogP) is 3.14. The Morgan fingerprint density at radius 3 is 2.81 bits per heavy atom. The lowest BCUT2D eigenvalue weighted by Crippen LogP contribution is -2.08. The molecule has 2 rings (SSSR count). The summed E-state index contributed by atoms with van der Waals surface area (Å²) >= 11 is 1.69.